The van der Waals surface area contributed by atoms with E-state index >= 15 is 0 Å². The Bertz CT molecular complexity index is 362. The van der Waals surface area contributed by atoms with Crippen molar-refractivity contribution in [1.82, 2.24) is 0 Å². The standard InChI is InChI=1S/C18H32O2/c1-7-15-8-12(4)18(11(2)3,20-14(6)19)17-10-16(9-15)13(17)5/h11-13,15-17H,7-10H2,1-6H3. The Morgan fingerprint density at radius 1 is 1.25 bits per heavy atom. The summed E-state index contributed by atoms with van der Waals surface area (Å²) in [5, 5.41) is 0. The molecule has 2 heteroatoms. The van der Waals surface area contributed by atoms with Crippen LogP contribution in [0.3, 0.4) is 0 Å². The fourth-order valence-corrected chi connectivity index (χ4v) is 5.24. The number of hydrogen-bond donors (Lipinski definition) is 0. The van der Waals surface area contributed by atoms with Crippen molar-refractivity contribution in [1.29, 1.82) is 0 Å². The molecule has 0 N–H and O–H groups in total. The molecule has 0 saturated heterocycles. The van der Waals surface area contributed by atoms with Gasteiger partial charge in [-0.25, -0.2) is 0 Å². The van der Waals surface area contributed by atoms with Gasteiger partial charge in [-0.05, 0) is 48.9 Å². The Hall–Kier alpha value is -0.530. The molecule has 2 nitrogen and oxygen atoms in total. The lowest BCUT2D eigenvalue weighted by Crippen LogP contribution is -2.61. The van der Waals surface area contributed by atoms with Crippen LogP contribution in [0.1, 0.15) is 67.2 Å². The third kappa shape index (κ3) is 2.40. The summed E-state index contributed by atoms with van der Waals surface area (Å²) in [6.07, 6.45) is 5.11. The predicted molar refractivity (Wildman–Crippen MR) is 82.3 cm³/mol. The number of fused-ring (bicyclic) bond motifs is 4. The third-order valence-corrected chi connectivity index (χ3v) is 6.41. The van der Waals surface area contributed by atoms with Gasteiger partial charge in [0.2, 0.25) is 0 Å². The number of ether oxygens (including phenoxy) is 1. The van der Waals surface area contributed by atoms with E-state index in [-0.39, 0.29) is 11.6 Å². The Balaban J connectivity index is 2.37. The van der Waals surface area contributed by atoms with Crippen molar-refractivity contribution in [3.8, 4) is 0 Å². The minimum atomic E-state index is -0.240. The average Bonchev–Trinajstić information content (AvgIpc) is 2.36. The minimum Gasteiger partial charge on any atom is -0.458 e. The molecule has 0 aliphatic heterocycles. The van der Waals surface area contributed by atoms with Crippen molar-refractivity contribution < 1.29 is 9.53 Å². The van der Waals surface area contributed by atoms with E-state index in [1.54, 1.807) is 6.92 Å². The first-order valence-corrected chi connectivity index (χ1v) is 8.52. The molecular weight excluding hydrogens is 248 g/mol. The summed E-state index contributed by atoms with van der Waals surface area (Å²) in [4.78, 5) is 11.8. The molecule has 20 heavy (non-hydrogen) atoms. The minimum absolute atomic E-state index is 0.102. The number of hydrogen-bond acceptors (Lipinski definition) is 2. The predicted octanol–water partition coefficient (Wildman–Crippen LogP) is 4.67. The van der Waals surface area contributed by atoms with Crippen molar-refractivity contribution in [3.63, 3.8) is 0 Å². The summed E-state index contributed by atoms with van der Waals surface area (Å²) >= 11 is 0. The molecule has 3 aliphatic carbocycles. The van der Waals surface area contributed by atoms with Gasteiger partial charge in [-0.15, -0.1) is 0 Å². The van der Waals surface area contributed by atoms with Gasteiger partial charge in [0.05, 0.1) is 0 Å². The van der Waals surface area contributed by atoms with Gasteiger partial charge in [0, 0.05) is 12.8 Å². The topological polar surface area (TPSA) is 26.3 Å². The molecule has 3 aliphatic rings. The molecule has 3 saturated carbocycles. The van der Waals surface area contributed by atoms with E-state index in [9.17, 15) is 4.79 Å². The van der Waals surface area contributed by atoms with Gasteiger partial charge in [0.15, 0.2) is 0 Å². The molecule has 0 aromatic heterocycles. The lowest BCUT2D eigenvalue weighted by molar-refractivity contribution is -0.215. The van der Waals surface area contributed by atoms with Gasteiger partial charge in [-0.2, -0.15) is 0 Å². The maximum Gasteiger partial charge on any atom is 0.303 e. The van der Waals surface area contributed by atoms with Gasteiger partial charge < -0.3 is 4.74 Å². The molecule has 0 radical (unpaired) electrons. The zero-order valence-electron chi connectivity index (χ0n) is 14.1. The fraction of sp³-hybridized carbons (Fsp3) is 0.944. The summed E-state index contributed by atoms with van der Waals surface area (Å²) in [5.41, 5.74) is -0.240. The van der Waals surface area contributed by atoms with Crippen LogP contribution in [0, 0.1) is 35.5 Å². The Morgan fingerprint density at radius 3 is 2.35 bits per heavy atom. The smallest absolute Gasteiger partial charge is 0.303 e. The van der Waals surface area contributed by atoms with Crippen LogP contribution >= 0.6 is 0 Å². The monoisotopic (exact) mass is 280 g/mol. The van der Waals surface area contributed by atoms with E-state index in [1.807, 2.05) is 0 Å². The van der Waals surface area contributed by atoms with E-state index in [2.05, 4.69) is 34.6 Å². The Kier molecular flexibility index (Phi) is 4.51. The van der Waals surface area contributed by atoms with Crippen LogP contribution in [0.4, 0.5) is 0 Å². The molecule has 2 bridgehead atoms. The molecule has 0 heterocycles. The highest BCUT2D eigenvalue weighted by Gasteiger charge is 2.58. The van der Waals surface area contributed by atoms with E-state index in [1.165, 1.54) is 25.7 Å². The SMILES string of the molecule is CCC1CC2CC(C2C)C(OC(C)=O)(C(C)C)C(C)C1. The van der Waals surface area contributed by atoms with Crippen LogP contribution in [-0.2, 0) is 9.53 Å². The molecule has 3 rings (SSSR count). The van der Waals surface area contributed by atoms with Crippen molar-refractivity contribution >= 4 is 5.97 Å². The first kappa shape index (κ1) is 15.9. The summed E-state index contributed by atoms with van der Waals surface area (Å²) < 4.78 is 6.06. The molecule has 0 spiro atoms. The van der Waals surface area contributed by atoms with Gasteiger partial charge in [0.1, 0.15) is 5.60 Å². The zero-order valence-corrected chi connectivity index (χ0v) is 14.1. The van der Waals surface area contributed by atoms with Crippen LogP contribution in [0.15, 0.2) is 0 Å². The first-order chi connectivity index (χ1) is 9.32. The van der Waals surface area contributed by atoms with Gasteiger partial charge in [-0.3, -0.25) is 4.79 Å². The highest BCUT2D eigenvalue weighted by molar-refractivity contribution is 5.66. The summed E-state index contributed by atoms with van der Waals surface area (Å²) in [6.45, 7) is 13.1. The molecule has 0 aromatic rings. The van der Waals surface area contributed by atoms with Crippen molar-refractivity contribution in [2.75, 3.05) is 0 Å². The van der Waals surface area contributed by atoms with E-state index in [0.29, 0.717) is 23.7 Å². The lowest BCUT2D eigenvalue weighted by Gasteiger charge is -2.59. The quantitative estimate of drug-likeness (QED) is 0.702. The van der Waals surface area contributed by atoms with Crippen molar-refractivity contribution in [2.24, 2.45) is 35.5 Å². The highest BCUT2D eigenvalue weighted by atomic mass is 16.6. The van der Waals surface area contributed by atoms with Gasteiger partial charge in [0.25, 0.3) is 0 Å². The molecule has 0 amide bonds. The maximum absolute atomic E-state index is 11.8. The van der Waals surface area contributed by atoms with Gasteiger partial charge >= 0.3 is 5.97 Å². The van der Waals surface area contributed by atoms with E-state index < -0.39 is 0 Å². The summed E-state index contributed by atoms with van der Waals surface area (Å²) in [7, 11) is 0. The zero-order chi connectivity index (χ0) is 15.1. The lowest BCUT2D eigenvalue weighted by atomic mass is 9.49. The summed E-state index contributed by atoms with van der Waals surface area (Å²) in [6, 6.07) is 0. The fourth-order valence-electron chi connectivity index (χ4n) is 5.24. The van der Waals surface area contributed by atoms with Crippen LogP contribution in [0.2, 0.25) is 0 Å². The van der Waals surface area contributed by atoms with Crippen LogP contribution < -0.4 is 0 Å². The van der Waals surface area contributed by atoms with Crippen molar-refractivity contribution in [3.05, 3.63) is 0 Å². The Morgan fingerprint density at radius 2 is 1.90 bits per heavy atom. The normalized spacial score (nSPS) is 44.5. The second-order valence-electron chi connectivity index (χ2n) is 7.71. The molecule has 116 valence electrons. The maximum atomic E-state index is 11.8. The first-order valence-electron chi connectivity index (χ1n) is 8.52. The summed E-state index contributed by atoms with van der Waals surface area (Å²) in [5.74, 6) is 3.67. The van der Waals surface area contributed by atoms with Crippen LogP contribution in [0.25, 0.3) is 0 Å². The van der Waals surface area contributed by atoms with Crippen LogP contribution in [-0.4, -0.2) is 11.6 Å². The van der Waals surface area contributed by atoms with Crippen molar-refractivity contribution in [2.45, 2.75) is 72.8 Å². The molecular formula is C18H32O2. The number of carbonyl (C=O) groups is 1. The van der Waals surface area contributed by atoms with E-state index in [0.717, 1.165) is 11.8 Å². The number of carbonyl (C=O) groups excluding carboxylic acids is 1. The number of rotatable bonds is 3. The Labute approximate surface area is 124 Å². The highest BCUT2D eigenvalue weighted by Crippen LogP contribution is 2.58. The van der Waals surface area contributed by atoms with Gasteiger partial charge in [-0.1, -0.05) is 41.0 Å². The average molecular weight is 280 g/mol. The second kappa shape index (κ2) is 5.69. The largest absolute Gasteiger partial charge is 0.458 e. The molecule has 6 atom stereocenters. The van der Waals surface area contributed by atoms with E-state index in [4.69, 9.17) is 4.74 Å². The molecule has 6 unspecified atom stereocenters. The molecule has 0 aromatic carbocycles. The molecule has 3 fully saturated rings. The third-order valence-electron chi connectivity index (χ3n) is 6.41. The second-order valence-corrected chi connectivity index (χ2v) is 7.71. The van der Waals surface area contributed by atoms with Crippen LogP contribution in [0.5, 0.6) is 0 Å². The number of esters is 1.